The highest BCUT2D eigenvalue weighted by molar-refractivity contribution is 5.96. The maximum absolute atomic E-state index is 6.04. The molecule has 1 aliphatic rings. The minimum Gasteiger partial charge on any atom is -0.493 e. The third-order valence-corrected chi connectivity index (χ3v) is 5.83. The number of rotatable bonds is 10. The zero-order valence-corrected chi connectivity index (χ0v) is 19.2. The summed E-state index contributed by atoms with van der Waals surface area (Å²) < 4.78 is 17.5. The van der Waals surface area contributed by atoms with Crippen LogP contribution in [0.3, 0.4) is 0 Å². The molecule has 0 unspecified atom stereocenters. The second kappa shape index (κ2) is 10.4. The van der Waals surface area contributed by atoms with Crippen molar-refractivity contribution in [3.05, 3.63) is 60.7 Å². The second-order valence-corrected chi connectivity index (χ2v) is 8.14. The number of fused-ring (bicyclic) bond motifs is 1. The van der Waals surface area contributed by atoms with Crippen LogP contribution in [0.5, 0.6) is 17.4 Å². The number of hydrogen-bond acceptors (Lipinski definition) is 8. The highest BCUT2D eigenvalue weighted by atomic mass is 16.5. The van der Waals surface area contributed by atoms with Crippen molar-refractivity contribution in [3.63, 3.8) is 0 Å². The van der Waals surface area contributed by atoms with Gasteiger partial charge >= 0.3 is 0 Å². The van der Waals surface area contributed by atoms with E-state index in [9.17, 15) is 0 Å². The van der Waals surface area contributed by atoms with Gasteiger partial charge in [-0.1, -0.05) is 6.07 Å². The van der Waals surface area contributed by atoms with Crippen LogP contribution in [0.1, 0.15) is 18.5 Å². The van der Waals surface area contributed by atoms with Crippen LogP contribution in [0, 0.1) is 0 Å². The molecule has 1 fully saturated rings. The Morgan fingerprint density at radius 1 is 1.06 bits per heavy atom. The van der Waals surface area contributed by atoms with Crippen LogP contribution in [0.25, 0.3) is 10.9 Å². The Hall–Kier alpha value is -3.85. The maximum atomic E-state index is 6.04. The Labute approximate surface area is 198 Å². The molecule has 1 saturated heterocycles. The number of nitrogens with one attached hydrogen (secondary N) is 2. The molecule has 0 saturated carbocycles. The van der Waals surface area contributed by atoms with Crippen molar-refractivity contribution in [2.24, 2.45) is 0 Å². The number of nitrogens with zero attached hydrogens (tertiary/aromatic N) is 4. The summed E-state index contributed by atoms with van der Waals surface area (Å²) in [7, 11) is 1.62. The predicted octanol–water partition coefficient (Wildman–Crippen LogP) is 4.16. The quantitative estimate of drug-likeness (QED) is 0.364. The molecule has 0 radical (unpaired) electrons. The molecule has 0 bridgehead atoms. The molecule has 1 aromatic carbocycles. The van der Waals surface area contributed by atoms with E-state index in [1.54, 1.807) is 25.7 Å². The molecule has 1 aliphatic heterocycles. The molecule has 9 heteroatoms. The minimum absolute atomic E-state index is 0.361. The predicted molar refractivity (Wildman–Crippen MR) is 130 cm³/mol. The van der Waals surface area contributed by atoms with E-state index < -0.39 is 0 Å². The Bertz CT molecular complexity index is 1220. The van der Waals surface area contributed by atoms with E-state index in [4.69, 9.17) is 14.2 Å². The largest absolute Gasteiger partial charge is 0.493 e. The topological polar surface area (TPSA) is 97.4 Å². The van der Waals surface area contributed by atoms with Gasteiger partial charge in [0.25, 0.3) is 0 Å². The highest BCUT2D eigenvalue weighted by Gasteiger charge is 2.16. The van der Waals surface area contributed by atoms with Gasteiger partial charge in [0.05, 0.1) is 41.8 Å². The molecular formula is C25H28N6O3. The zero-order chi connectivity index (χ0) is 23.2. The van der Waals surface area contributed by atoms with Crippen LogP contribution in [0.2, 0.25) is 0 Å². The summed E-state index contributed by atoms with van der Waals surface area (Å²) in [6.45, 7) is 4.15. The van der Waals surface area contributed by atoms with Gasteiger partial charge in [0.2, 0.25) is 5.88 Å². The van der Waals surface area contributed by atoms with Crippen LogP contribution in [-0.4, -0.2) is 58.4 Å². The average Bonchev–Trinajstić information content (AvgIpc) is 3.55. The number of aromatic nitrogens is 4. The number of methoxy groups -OCH3 is 1. The number of aromatic amines is 1. The monoisotopic (exact) mass is 460 g/mol. The summed E-state index contributed by atoms with van der Waals surface area (Å²) >= 11 is 0. The summed E-state index contributed by atoms with van der Waals surface area (Å²) in [6.07, 6.45) is 7.79. The fourth-order valence-electron chi connectivity index (χ4n) is 4.07. The van der Waals surface area contributed by atoms with Crippen molar-refractivity contribution in [2.45, 2.75) is 19.4 Å². The number of ether oxygens (including phenoxy) is 3. The van der Waals surface area contributed by atoms with Crippen molar-refractivity contribution in [1.29, 1.82) is 0 Å². The summed E-state index contributed by atoms with van der Waals surface area (Å²) in [5.41, 5.74) is 3.29. The first kappa shape index (κ1) is 22.0. The van der Waals surface area contributed by atoms with Crippen molar-refractivity contribution in [3.8, 4) is 17.4 Å². The Morgan fingerprint density at radius 2 is 1.97 bits per heavy atom. The number of H-pyrrole nitrogens is 1. The minimum atomic E-state index is 0.361. The Balaban J connectivity index is 1.30. The molecule has 0 aliphatic carbocycles. The first-order valence-electron chi connectivity index (χ1n) is 11.4. The third-order valence-electron chi connectivity index (χ3n) is 5.83. The first-order valence-corrected chi connectivity index (χ1v) is 11.4. The van der Waals surface area contributed by atoms with Gasteiger partial charge < -0.3 is 19.5 Å². The molecule has 4 aromatic rings. The van der Waals surface area contributed by atoms with Gasteiger partial charge in [0.15, 0.2) is 11.5 Å². The number of hydrogen-bond donors (Lipinski definition) is 2. The third kappa shape index (κ3) is 5.04. The van der Waals surface area contributed by atoms with Crippen molar-refractivity contribution in [2.75, 3.05) is 38.7 Å². The summed E-state index contributed by atoms with van der Waals surface area (Å²) in [5, 5.41) is 11.7. The lowest BCUT2D eigenvalue weighted by molar-refractivity contribution is 0.233. The first-order chi connectivity index (χ1) is 16.8. The number of benzene rings is 1. The molecular weight excluding hydrogens is 432 g/mol. The Morgan fingerprint density at radius 3 is 2.79 bits per heavy atom. The van der Waals surface area contributed by atoms with Crippen LogP contribution in [0.15, 0.2) is 55.0 Å². The van der Waals surface area contributed by atoms with Gasteiger partial charge in [0, 0.05) is 24.5 Å². The lowest BCUT2D eigenvalue weighted by Crippen LogP contribution is -2.25. The summed E-state index contributed by atoms with van der Waals surface area (Å²) in [6, 6.07) is 11.4. The van der Waals surface area contributed by atoms with E-state index in [0.29, 0.717) is 30.6 Å². The summed E-state index contributed by atoms with van der Waals surface area (Å²) in [5.74, 6) is 1.83. The lowest BCUT2D eigenvalue weighted by atomic mass is 10.2. The smallest absolute Gasteiger partial charge is 0.242 e. The second-order valence-electron chi connectivity index (χ2n) is 8.14. The van der Waals surface area contributed by atoms with E-state index in [1.165, 1.54) is 12.8 Å². The molecule has 5 rings (SSSR count). The van der Waals surface area contributed by atoms with E-state index in [2.05, 4.69) is 30.4 Å². The van der Waals surface area contributed by atoms with E-state index in [-0.39, 0.29) is 0 Å². The zero-order valence-electron chi connectivity index (χ0n) is 19.2. The fourth-order valence-corrected chi connectivity index (χ4v) is 4.07. The van der Waals surface area contributed by atoms with Gasteiger partial charge in [-0.05, 0) is 50.2 Å². The SMILES string of the molecule is COc1cc(Nc2cncc3[nH]nc(OCCN4CCCC4)c23)ccc1OCc1ccccn1. The van der Waals surface area contributed by atoms with E-state index >= 15 is 0 Å². The number of pyridine rings is 2. The van der Waals surface area contributed by atoms with E-state index in [1.807, 2.05) is 36.4 Å². The average molecular weight is 461 g/mol. The number of likely N-dealkylation sites (tertiary alicyclic amines) is 1. The van der Waals surface area contributed by atoms with Crippen molar-refractivity contribution in [1.82, 2.24) is 25.1 Å². The van der Waals surface area contributed by atoms with Crippen molar-refractivity contribution < 1.29 is 14.2 Å². The number of anilines is 2. The molecule has 176 valence electrons. The molecule has 0 amide bonds. The summed E-state index contributed by atoms with van der Waals surface area (Å²) in [4.78, 5) is 11.0. The van der Waals surface area contributed by atoms with Gasteiger partial charge in [-0.25, -0.2) is 0 Å². The van der Waals surface area contributed by atoms with Crippen LogP contribution in [-0.2, 0) is 6.61 Å². The molecule has 0 atom stereocenters. The molecule has 0 spiro atoms. The van der Waals surface area contributed by atoms with Crippen molar-refractivity contribution >= 4 is 22.3 Å². The fraction of sp³-hybridized carbons (Fsp3) is 0.320. The lowest BCUT2D eigenvalue weighted by Gasteiger charge is -2.15. The standard InChI is InChI=1S/C25H28N6O3/c1-32-23-14-18(7-8-22(23)34-17-19-6-2-3-9-27-19)28-20-15-26-16-21-24(20)25(30-29-21)33-13-12-31-10-4-5-11-31/h2-3,6-9,14-16,28H,4-5,10-13,17H2,1H3,(H,29,30). The highest BCUT2D eigenvalue weighted by Crippen LogP contribution is 2.35. The van der Waals surface area contributed by atoms with Gasteiger partial charge in [-0.15, -0.1) is 5.10 Å². The molecule has 4 heterocycles. The van der Waals surface area contributed by atoms with Gasteiger partial charge in [-0.3, -0.25) is 20.0 Å². The molecule has 34 heavy (non-hydrogen) atoms. The van der Waals surface area contributed by atoms with Gasteiger partial charge in [0.1, 0.15) is 13.2 Å². The molecule has 9 nitrogen and oxygen atoms in total. The molecule has 2 N–H and O–H groups in total. The van der Waals surface area contributed by atoms with Gasteiger partial charge in [-0.2, -0.15) is 0 Å². The normalized spacial score (nSPS) is 13.8. The molecule has 3 aromatic heterocycles. The van der Waals surface area contributed by atoms with Crippen LogP contribution < -0.4 is 19.5 Å². The van der Waals surface area contributed by atoms with Crippen LogP contribution >= 0.6 is 0 Å². The maximum Gasteiger partial charge on any atom is 0.242 e. The van der Waals surface area contributed by atoms with E-state index in [0.717, 1.165) is 47.6 Å². The van der Waals surface area contributed by atoms with Crippen LogP contribution in [0.4, 0.5) is 11.4 Å². The Kier molecular flexibility index (Phi) is 6.71.